The summed E-state index contributed by atoms with van der Waals surface area (Å²) < 4.78 is 1.95. The number of aryl methyl sites for hydroxylation is 1. The summed E-state index contributed by atoms with van der Waals surface area (Å²) in [6.07, 6.45) is 4.17. The van der Waals surface area contributed by atoms with E-state index in [0.717, 1.165) is 5.82 Å². The normalized spacial score (nSPS) is 26.3. The molecule has 15 heavy (non-hydrogen) atoms. The second-order valence-corrected chi connectivity index (χ2v) is 4.05. The van der Waals surface area contributed by atoms with Gasteiger partial charge < -0.3 is 15.2 Å². The molecule has 1 aromatic rings. The third-order valence-electron chi connectivity index (χ3n) is 3.12. The SMILES string of the molecule is CN1C(=O)C[C@@H](CN)[C@@H]1c1nccn1C. The summed E-state index contributed by atoms with van der Waals surface area (Å²) in [5, 5.41) is 0. The molecule has 0 aliphatic carbocycles. The lowest BCUT2D eigenvalue weighted by Crippen LogP contribution is -2.28. The van der Waals surface area contributed by atoms with Crippen LogP contribution in [-0.2, 0) is 11.8 Å². The second kappa shape index (κ2) is 3.66. The molecule has 0 radical (unpaired) electrons. The molecule has 1 amide bonds. The lowest BCUT2D eigenvalue weighted by molar-refractivity contribution is -0.127. The Morgan fingerprint density at radius 3 is 2.87 bits per heavy atom. The largest absolute Gasteiger partial charge is 0.336 e. The highest BCUT2D eigenvalue weighted by atomic mass is 16.2. The van der Waals surface area contributed by atoms with Gasteiger partial charge in [0.1, 0.15) is 5.82 Å². The molecule has 1 aliphatic heterocycles. The van der Waals surface area contributed by atoms with Crippen LogP contribution in [0.3, 0.4) is 0 Å². The minimum absolute atomic E-state index is 0.0301. The van der Waals surface area contributed by atoms with Crippen LogP contribution in [0.4, 0.5) is 0 Å². The fourth-order valence-corrected chi connectivity index (χ4v) is 2.21. The molecular weight excluding hydrogens is 192 g/mol. The van der Waals surface area contributed by atoms with Crippen molar-refractivity contribution in [2.45, 2.75) is 12.5 Å². The summed E-state index contributed by atoms with van der Waals surface area (Å²) >= 11 is 0. The Kier molecular flexibility index (Phi) is 2.48. The minimum atomic E-state index is 0.0301. The smallest absolute Gasteiger partial charge is 0.223 e. The van der Waals surface area contributed by atoms with Gasteiger partial charge in [0.2, 0.25) is 5.91 Å². The van der Waals surface area contributed by atoms with Gasteiger partial charge >= 0.3 is 0 Å². The van der Waals surface area contributed by atoms with Crippen LogP contribution in [-0.4, -0.2) is 34.0 Å². The van der Waals surface area contributed by atoms with Gasteiger partial charge in [-0.3, -0.25) is 4.79 Å². The molecule has 1 saturated heterocycles. The predicted molar refractivity (Wildman–Crippen MR) is 55.9 cm³/mol. The number of hydrogen-bond acceptors (Lipinski definition) is 3. The van der Waals surface area contributed by atoms with Crippen molar-refractivity contribution in [3.63, 3.8) is 0 Å². The molecule has 5 nitrogen and oxygen atoms in total. The zero-order valence-corrected chi connectivity index (χ0v) is 9.05. The summed E-state index contributed by atoms with van der Waals surface area (Å²) in [6, 6.07) is 0.0301. The lowest BCUT2D eigenvalue weighted by atomic mass is 10.00. The van der Waals surface area contributed by atoms with E-state index in [2.05, 4.69) is 4.98 Å². The van der Waals surface area contributed by atoms with Crippen molar-refractivity contribution in [3.8, 4) is 0 Å². The van der Waals surface area contributed by atoms with Crippen LogP contribution >= 0.6 is 0 Å². The molecular formula is C10H16N4O. The van der Waals surface area contributed by atoms with Gasteiger partial charge in [-0.25, -0.2) is 4.98 Å². The van der Waals surface area contributed by atoms with Crippen molar-refractivity contribution in [1.29, 1.82) is 0 Å². The van der Waals surface area contributed by atoms with Gasteiger partial charge in [-0.15, -0.1) is 0 Å². The van der Waals surface area contributed by atoms with Gasteiger partial charge in [-0.05, 0) is 6.54 Å². The van der Waals surface area contributed by atoms with Crippen molar-refractivity contribution < 1.29 is 4.79 Å². The van der Waals surface area contributed by atoms with Gasteiger partial charge in [-0.1, -0.05) is 0 Å². The molecule has 0 bridgehead atoms. The molecule has 82 valence electrons. The Morgan fingerprint density at radius 1 is 1.60 bits per heavy atom. The van der Waals surface area contributed by atoms with E-state index in [-0.39, 0.29) is 17.9 Å². The number of likely N-dealkylation sites (tertiary alicyclic amines) is 1. The number of nitrogens with zero attached hydrogens (tertiary/aromatic N) is 3. The maximum atomic E-state index is 11.6. The number of hydrogen-bond donors (Lipinski definition) is 1. The average Bonchev–Trinajstić information content (AvgIpc) is 2.73. The Morgan fingerprint density at radius 2 is 2.33 bits per heavy atom. The maximum Gasteiger partial charge on any atom is 0.223 e. The molecule has 0 spiro atoms. The van der Waals surface area contributed by atoms with E-state index in [1.54, 1.807) is 11.1 Å². The van der Waals surface area contributed by atoms with Crippen molar-refractivity contribution in [2.24, 2.45) is 18.7 Å². The second-order valence-electron chi connectivity index (χ2n) is 4.05. The van der Waals surface area contributed by atoms with Crippen molar-refractivity contribution in [1.82, 2.24) is 14.5 Å². The van der Waals surface area contributed by atoms with Crippen LogP contribution in [0, 0.1) is 5.92 Å². The van der Waals surface area contributed by atoms with E-state index in [1.165, 1.54) is 0 Å². The zero-order chi connectivity index (χ0) is 11.0. The Balaban J connectivity index is 2.34. The van der Waals surface area contributed by atoms with Crippen LogP contribution in [0.2, 0.25) is 0 Å². The van der Waals surface area contributed by atoms with Crippen LogP contribution in [0.1, 0.15) is 18.3 Å². The number of imidazole rings is 1. The Bertz CT molecular complexity index is 373. The van der Waals surface area contributed by atoms with Gasteiger partial charge in [0, 0.05) is 38.8 Å². The van der Waals surface area contributed by atoms with Gasteiger partial charge in [-0.2, -0.15) is 0 Å². The number of rotatable bonds is 2. The monoisotopic (exact) mass is 208 g/mol. The van der Waals surface area contributed by atoms with Crippen LogP contribution in [0.5, 0.6) is 0 Å². The van der Waals surface area contributed by atoms with Crippen molar-refractivity contribution >= 4 is 5.91 Å². The summed E-state index contributed by atoms with van der Waals surface area (Å²) in [5.41, 5.74) is 5.69. The summed E-state index contributed by atoms with van der Waals surface area (Å²) in [7, 11) is 3.75. The average molecular weight is 208 g/mol. The van der Waals surface area contributed by atoms with Gasteiger partial charge in [0.15, 0.2) is 0 Å². The first-order chi connectivity index (χ1) is 7.15. The van der Waals surface area contributed by atoms with E-state index in [1.807, 2.05) is 24.9 Å². The van der Waals surface area contributed by atoms with Crippen LogP contribution < -0.4 is 5.73 Å². The fourth-order valence-electron chi connectivity index (χ4n) is 2.21. The standard InChI is InChI=1S/C10H16N4O/c1-13-4-3-12-10(13)9-7(6-11)5-8(15)14(9)2/h3-4,7,9H,5-6,11H2,1-2H3/t7-,9+/m0/s1. The Labute approximate surface area is 88.9 Å². The molecule has 2 rings (SSSR count). The summed E-state index contributed by atoms with van der Waals surface area (Å²) in [4.78, 5) is 17.6. The number of carbonyl (C=O) groups is 1. The highest BCUT2D eigenvalue weighted by molar-refractivity contribution is 5.79. The third-order valence-corrected chi connectivity index (χ3v) is 3.12. The van der Waals surface area contributed by atoms with Gasteiger partial charge in [0.25, 0.3) is 0 Å². The van der Waals surface area contributed by atoms with E-state index >= 15 is 0 Å². The van der Waals surface area contributed by atoms with E-state index in [0.29, 0.717) is 13.0 Å². The molecule has 0 unspecified atom stereocenters. The highest BCUT2D eigenvalue weighted by Crippen LogP contribution is 2.34. The minimum Gasteiger partial charge on any atom is -0.336 e. The highest BCUT2D eigenvalue weighted by Gasteiger charge is 2.39. The number of aromatic nitrogens is 2. The summed E-state index contributed by atoms with van der Waals surface area (Å²) in [6.45, 7) is 0.521. The third kappa shape index (κ3) is 1.52. The number of carbonyl (C=O) groups excluding carboxylic acids is 1. The molecule has 5 heteroatoms. The first kappa shape index (κ1) is 10.2. The van der Waals surface area contributed by atoms with Gasteiger partial charge in [0.05, 0.1) is 6.04 Å². The molecule has 1 aromatic heterocycles. The molecule has 1 fully saturated rings. The van der Waals surface area contributed by atoms with E-state index < -0.39 is 0 Å². The van der Waals surface area contributed by atoms with Crippen molar-refractivity contribution in [2.75, 3.05) is 13.6 Å². The van der Waals surface area contributed by atoms with Crippen LogP contribution in [0.25, 0.3) is 0 Å². The molecule has 1 aliphatic rings. The molecule has 2 atom stereocenters. The molecule has 0 saturated carbocycles. The lowest BCUT2D eigenvalue weighted by Gasteiger charge is -2.23. The first-order valence-electron chi connectivity index (χ1n) is 5.08. The zero-order valence-electron chi connectivity index (χ0n) is 9.05. The molecule has 2 N–H and O–H groups in total. The number of nitrogens with two attached hydrogens (primary N) is 1. The predicted octanol–water partition coefficient (Wildman–Crippen LogP) is -0.102. The van der Waals surface area contributed by atoms with Crippen molar-refractivity contribution in [3.05, 3.63) is 18.2 Å². The number of amides is 1. The summed E-state index contributed by atoms with van der Waals surface area (Å²) in [5.74, 6) is 1.25. The molecule has 2 heterocycles. The first-order valence-corrected chi connectivity index (χ1v) is 5.08. The van der Waals surface area contributed by atoms with Crippen LogP contribution in [0.15, 0.2) is 12.4 Å². The van der Waals surface area contributed by atoms with E-state index in [4.69, 9.17) is 5.73 Å². The Hall–Kier alpha value is -1.36. The maximum absolute atomic E-state index is 11.6. The quantitative estimate of drug-likeness (QED) is 0.738. The fraction of sp³-hybridized carbons (Fsp3) is 0.600. The van der Waals surface area contributed by atoms with E-state index in [9.17, 15) is 4.79 Å². The molecule has 0 aromatic carbocycles. The topological polar surface area (TPSA) is 64.2 Å².